The van der Waals surface area contributed by atoms with Crippen LogP contribution in [-0.2, 0) is 0 Å². The number of rotatable bonds is 2. The average molecular weight is 340 g/mol. The van der Waals surface area contributed by atoms with Gasteiger partial charge in [0.1, 0.15) is 0 Å². The minimum absolute atomic E-state index is 0.432. The molecule has 2 aliphatic rings. The van der Waals surface area contributed by atoms with Crippen LogP contribution in [0.1, 0.15) is 56.4 Å². The predicted molar refractivity (Wildman–Crippen MR) is 111 cm³/mol. The molecular weight excluding hydrogens is 316 g/mol. The lowest BCUT2D eigenvalue weighted by Crippen LogP contribution is -2.05. The summed E-state index contributed by atoms with van der Waals surface area (Å²) < 4.78 is 0. The molecule has 2 heteroatoms. The molecule has 0 saturated carbocycles. The minimum Gasteiger partial charge on any atom is -0.304 e. The fraction of sp³-hybridized carbons (Fsp3) is 0.250. The van der Waals surface area contributed by atoms with Gasteiger partial charge in [-0.1, -0.05) is 63.3 Å². The number of hydrogen-bond donors (Lipinski definition) is 1. The fourth-order valence-electron chi connectivity index (χ4n) is 4.01. The van der Waals surface area contributed by atoms with Crippen LogP contribution in [0.4, 0.5) is 0 Å². The van der Waals surface area contributed by atoms with E-state index in [4.69, 9.17) is 10.4 Å². The lowest BCUT2D eigenvalue weighted by molar-refractivity contribution is 0.876. The van der Waals surface area contributed by atoms with Gasteiger partial charge in [-0.25, -0.2) is 4.98 Å². The molecule has 1 heterocycles. The van der Waals surface area contributed by atoms with Crippen LogP contribution >= 0.6 is 0 Å². The van der Waals surface area contributed by atoms with E-state index in [9.17, 15) is 0 Å². The fourth-order valence-corrected chi connectivity index (χ4v) is 4.01. The van der Waals surface area contributed by atoms with Gasteiger partial charge in [0, 0.05) is 28.7 Å². The van der Waals surface area contributed by atoms with Gasteiger partial charge in [0.2, 0.25) is 0 Å². The summed E-state index contributed by atoms with van der Waals surface area (Å²) in [6.45, 7) is 6.61. The molecule has 2 bridgehead atoms. The molecule has 2 aromatic rings. The van der Waals surface area contributed by atoms with Crippen LogP contribution in [0.15, 0.2) is 65.8 Å². The molecule has 130 valence electrons. The molecule has 26 heavy (non-hydrogen) atoms. The monoisotopic (exact) mass is 340 g/mol. The first-order valence-corrected chi connectivity index (χ1v) is 9.39. The maximum Gasteiger partial charge on any atom is 0.0803 e. The van der Waals surface area contributed by atoms with E-state index < -0.39 is 0 Å². The molecule has 1 N–H and O–H groups in total. The van der Waals surface area contributed by atoms with Crippen molar-refractivity contribution in [1.82, 2.24) is 4.98 Å². The second-order valence-electron chi connectivity index (χ2n) is 7.29. The van der Waals surface area contributed by atoms with E-state index in [0.29, 0.717) is 18.1 Å². The highest BCUT2D eigenvalue weighted by molar-refractivity contribution is 6.09. The second kappa shape index (κ2) is 6.53. The van der Waals surface area contributed by atoms with Gasteiger partial charge in [0.25, 0.3) is 0 Å². The Hall–Kier alpha value is -2.74. The van der Waals surface area contributed by atoms with E-state index in [1.165, 1.54) is 22.1 Å². The number of pyridine rings is 1. The van der Waals surface area contributed by atoms with Crippen LogP contribution in [0.5, 0.6) is 0 Å². The van der Waals surface area contributed by atoms with Gasteiger partial charge in [0.15, 0.2) is 0 Å². The topological polar surface area (TPSA) is 36.7 Å². The minimum atomic E-state index is 0.432. The van der Waals surface area contributed by atoms with Crippen LogP contribution in [0, 0.1) is 5.41 Å². The molecular formula is C24H24N2. The molecule has 1 aromatic carbocycles. The van der Waals surface area contributed by atoms with E-state index in [1.807, 2.05) is 0 Å². The van der Waals surface area contributed by atoms with Crippen LogP contribution in [0.25, 0.3) is 16.5 Å². The highest BCUT2D eigenvalue weighted by Crippen LogP contribution is 2.37. The molecule has 0 spiro atoms. The molecule has 0 saturated heterocycles. The maximum atomic E-state index is 8.77. The Morgan fingerprint density at radius 2 is 2.00 bits per heavy atom. The molecule has 1 aromatic heterocycles. The zero-order chi connectivity index (χ0) is 18.3. The molecule has 2 nitrogen and oxygen atoms in total. The van der Waals surface area contributed by atoms with Crippen LogP contribution in [0.3, 0.4) is 0 Å². The normalized spacial score (nSPS) is 20.9. The van der Waals surface area contributed by atoms with Gasteiger partial charge in [0.05, 0.1) is 11.2 Å². The van der Waals surface area contributed by atoms with E-state index in [-0.39, 0.29) is 0 Å². The quantitative estimate of drug-likeness (QED) is 0.680. The van der Waals surface area contributed by atoms with Crippen molar-refractivity contribution in [2.24, 2.45) is 0 Å². The highest BCUT2D eigenvalue weighted by Gasteiger charge is 2.24. The first-order valence-electron chi connectivity index (χ1n) is 9.39. The smallest absolute Gasteiger partial charge is 0.0803 e. The Morgan fingerprint density at radius 1 is 1.15 bits per heavy atom. The zero-order valence-electron chi connectivity index (χ0n) is 15.6. The molecule has 0 amide bonds. The Labute approximate surface area is 155 Å². The molecule has 0 unspecified atom stereocenters. The van der Waals surface area contributed by atoms with Crippen LogP contribution in [0.2, 0.25) is 0 Å². The molecule has 0 fully saturated rings. The zero-order valence-corrected chi connectivity index (χ0v) is 15.6. The summed E-state index contributed by atoms with van der Waals surface area (Å²) in [5.41, 5.74) is 8.61. The van der Waals surface area contributed by atoms with Crippen molar-refractivity contribution in [3.8, 4) is 0 Å². The number of nitrogens with zero attached hydrogens (tertiary/aromatic N) is 1. The SMILES string of the molecule is CCC1=C2\C=C/C=C\C=C1\CC(=N)c1cc3c(C(C)C)cccc3nc12. The number of hydrogen-bond acceptors (Lipinski definition) is 2. The molecule has 2 aliphatic carbocycles. The van der Waals surface area contributed by atoms with Gasteiger partial charge in [-0.15, -0.1) is 0 Å². The summed E-state index contributed by atoms with van der Waals surface area (Å²) in [6.07, 6.45) is 12.1. The molecule has 0 radical (unpaired) electrons. The number of nitrogens with one attached hydrogen (secondary N) is 1. The second-order valence-corrected chi connectivity index (χ2v) is 7.29. The summed E-state index contributed by atoms with van der Waals surface area (Å²) >= 11 is 0. The van der Waals surface area contributed by atoms with E-state index in [0.717, 1.165) is 28.8 Å². The first-order chi connectivity index (χ1) is 12.6. The van der Waals surface area contributed by atoms with Crippen molar-refractivity contribution < 1.29 is 0 Å². The summed E-state index contributed by atoms with van der Waals surface area (Å²) in [5.74, 6) is 0.432. The first kappa shape index (κ1) is 16.7. The van der Waals surface area contributed by atoms with Crippen molar-refractivity contribution in [2.75, 3.05) is 0 Å². The van der Waals surface area contributed by atoms with Crippen molar-refractivity contribution in [2.45, 2.75) is 39.5 Å². The van der Waals surface area contributed by atoms with Crippen molar-refractivity contribution >= 4 is 22.2 Å². The van der Waals surface area contributed by atoms with Crippen molar-refractivity contribution in [3.05, 3.63) is 82.6 Å². The number of allylic oxidation sites excluding steroid dienone is 8. The summed E-state index contributed by atoms with van der Waals surface area (Å²) in [4.78, 5) is 5.06. The number of benzene rings is 1. The average Bonchev–Trinajstić information content (AvgIpc) is 2.73. The van der Waals surface area contributed by atoms with Crippen molar-refractivity contribution in [3.63, 3.8) is 0 Å². The Morgan fingerprint density at radius 3 is 2.77 bits per heavy atom. The summed E-state index contributed by atoms with van der Waals surface area (Å²) in [6, 6.07) is 8.56. The van der Waals surface area contributed by atoms with E-state index in [2.05, 4.69) is 75.4 Å². The summed E-state index contributed by atoms with van der Waals surface area (Å²) in [5, 5.41) is 9.94. The lowest BCUT2D eigenvalue weighted by atomic mass is 9.93. The van der Waals surface area contributed by atoms with Gasteiger partial charge in [-0.05, 0) is 41.2 Å². The lowest BCUT2D eigenvalue weighted by Gasteiger charge is -2.15. The highest BCUT2D eigenvalue weighted by atomic mass is 14.7. The largest absolute Gasteiger partial charge is 0.304 e. The Bertz CT molecular complexity index is 1030. The number of aromatic nitrogens is 1. The third-order valence-electron chi connectivity index (χ3n) is 5.31. The van der Waals surface area contributed by atoms with E-state index >= 15 is 0 Å². The van der Waals surface area contributed by atoms with Gasteiger partial charge in [-0.2, -0.15) is 0 Å². The summed E-state index contributed by atoms with van der Waals surface area (Å²) in [7, 11) is 0. The van der Waals surface area contributed by atoms with E-state index in [1.54, 1.807) is 0 Å². The Kier molecular flexibility index (Phi) is 4.20. The van der Waals surface area contributed by atoms with Crippen molar-refractivity contribution in [1.29, 1.82) is 5.41 Å². The van der Waals surface area contributed by atoms with Gasteiger partial charge >= 0.3 is 0 Å². The third-order valence-corrected chi connectivity index (χ3v) is 5.31. The standard InChI is InChI=1S/C24H24N2/c1-4-17-16-9-6-5-7-10-19(17)24-21(22(25)13-16)14-20-18(15(2)3)11-8-12-23(20)26-24/h5-12,14-15,25H,4,13H2,1-3H3/b6-5-,7-5?,9-6?,10-7-,16-9-,19-10?,25-22?. The predicted octanol–water partition coefficient (Wildman–Crippen LogP) is 6.35. The van der Waals surface area contributed by atoms with Crippen LogP contribution < -0.4 is 0 Å². The third kappa shape index (κ3) is 2.66. The van der Waals surface area contributed by atoms with Gasteiger partial charge in [-0.3, -0.25) is 0 Å². The Balaban J connectivity index is 2.07. The van der Waals surface area contributed by atoms with Crippen LogP contribution in [-0.4, -0.2) is 10.7 Å². The maximum absolute atomic E-state index is 8.77. The molecule has 4 rings (SSSR count). The molecule has 0 aliphatic heterocycles. The molecule has 0 atom stereocenters. The number of fused-ring (bicyclic) bond motifs is 4. The van der Waals surface area contributed by atoms with Gasteiger partial charge < -0.3 is 5.41 Å².